The number of ether oxygens (including phenoxy) is 1. The van der Waals surface area contributed by atoms with Gasteiger partial charge in [-0.3, -0.25) is 9.59 Å². The third kappa shape index (κ3) is 2.24. The van der Waals surface area contributed by atoms with Crippen LogP contribution in [0.2, 0.25) is 0 Å². The molecule has 1 aliphatic carbocycles. The van der Waals surface area contributed by atoms with Crippen molar-refractivity contribution >= 4 is 11.6 Å². The van der Waals surface area contributed by atoms with Crippen LogP contribution in [0, 0.1) is 5.92 Å². The number of hydrogen-bond acceptors (Lipinski definition) is 5. The highest BCUT2D eigenvalue weighted by molar-refractivity contribution is 6.05. The average Bonchev–Trinajstić information content (AvgIpc) is 2.69. The zero-order valence-electron chi connectivity index (χ0n) is 11.1. The van der Waals surface area contributed by atoms with Crippen molar-refractivity contribution in [2.24, 2.45) is 5.92 Å². The number of ketones is 2. The maximum absolute atomic E-state index is 12.1. The Morgan fingerprint density at radius 1 is 1.58 bits per heavy atom. The van der Waals surface area contributed by atoms with Gasteiger partial charge in [-0.05, 0) is 32.3 Å². The molecule has 1 heterocycles. The van der Waals surface area contributed by atoms with Crippen LogP contribution in [0.5, 0.6) is 0 Å². The van der Waals surface area contributed by atoms with Crippen molar-refractivity contribution < 1.29 is 24.5 Å². The molecule has 0 aromatic heterocycles. The summed E-state index contributed by atoms with van der Waals surface area (Å²) in [6, 6.07) is 0. The number of carbonyl (C=O) groups excluding carboxylic acids is 2. The number of aliphatic hydroxyl groups excluding tert-OH is 1. The highest BCUT2D eigenvalue weighted by Gasteiger charge is 2.49. The van der Waals surface area contributed by atoms with E-state index >= 15 is 0 Å². The van der Waals surface area contributed by atoms with Crippen molar-refractivity contribution in [3.8, 4) is 0 Å². The second kappa shape index (κ2) is 4.90. The molecule has 0 saturated carbocycles. The molecule has 2 aliphatic rings. The summed E-state index contributed by atoms with van der Waals surface area (Å²) in [6.07, 6.45) is 3.07. The number of allylic oxidation sites excluding steroid dienone is 3. The van der Waals surface area contributed by atoms with E-state index in [1.165, 1.54) is 0 Å². The van der Waals surface area contributed by atoms with E-state index in [2.05, 4.69) is 0 Å². The lowest BCUT2D eigenvalue weighted by Gasteiger charge is -2.21. The third-order valence-corrected chi connectivity index (χ3v) is 3.83. The molecule has 2 unspecified atom stereocenters. The molecule has 2 rings (SSSR count). The van der Waals surface area contributed by atoms with Crippen LogP contribution < -0.4 is 0 Å². The summed E-state index contributed by atoms with van der Waals surface area (Å²) in [5.41, 5.74) is 1.03. The van der Waals surface area contributed by atoms with Gasteiger partial charge in [-0.25, -0.2) is 0 Å². The number of carbonyl (C=O) groups is 2. The van der Waals surface area contributed by atoms with Crippen LogP contribution in [0.15, 0.2) is 23.0 Å². The van der Waals surface area contributed by atoms with Crippen molar-refractivity contribution in [2.45, 2.75) is 38.9 Å². The highest BCUT2D eigenvalue weighted by Crippen LogP contribution is 2.40. The van der Waals surface area contributed by atoms with E-state index in [1.54, 1.807) is 19.9 Å². The van der Waals surface area contributed by atoms with E-state index in [4.69, 9.17) is 9.84 Å². The molecule has 0 aromatic rings. The van der Waals surface area contributed by atoms with Gasteiger partial charge in [0.25, 0.3) is 5.79 Å². The second-order valence-corrected chi connectivity index (χ2v) is 5.05. The SMILES string of the molecule is CC=C(C)C(=O)C1CCC2=C(C1)C(=O)C(O)(CO)O2. The molecule has 1 aliphatic heterocycles. The van der Waals surface area contributed by atoms with Crippen LogP contribution in [-0.2, 0) is 14.3 Å². The van der Waals surface area contributed by atoms with Crippen molar-refractivity contribution in [3.63, 3.8) is 0 Å². The maximum atomic E-state index is 12.1. The van der Waals surface area contributed by atoms with E-state index in [0.717, 1.165) is 0 Å². The van der Waals surface area contributed by atoms with Gasteiger partial charge in [-0.2, -0.15) is 0 Å². The van der Waals surface area contributed by atoms with E-state index < -0.39 is 18.2 Å². The monoisotopic (exact) mass is 266 g/mol. The lowest BCUT2D eigenvalue weighted by molar-refractivity contribution is -0.191. The van der Waals surface area contributed by atoms with Crippen molar-refractivity contribution in [3.05, 3.63) is 23.0 Å². The summed E-state index contributed by atoms with van der Waals surface area (Å²) < 4.78 is 5.14. The minimum Gasteiger partial charge on any atom is -0.456 e. The number of hydrogen-bond donors (Lipinski definition) is 2. The predicted octanol–water partition coefficient (Wildman–Crippen LogP) is 0.856. The van der Waals surface area contributed by atoms with E-state index in [9.17, 15) is 14.7 Å². The highest BCUT2D eigenvalue weighted by atomic mass is 16.6. The smallest absolute Gasteiger partial charge is 0.295 e. The Hall–Kier alpha value is -1.46. The van der Waals surface area contributed by atoms with Crippen molar-refractivity contribution in [1.82, 2.24) is 0 Å². The fourth-order valence-electron chi connectivity index (χ4n) is 2.53. The van der Waals surface area contributed by atoms with Gasteiger partial charge in [0.1, 0.15) is 12.4 Å². The first-order valence-electron chi connectivity index (χ1n) is 6.39. The molecule has 19 heavy (non-hydrogen) atoms. The Labute approximate surface area is 111 Å². The fraction of sp³-hybridized carbons (Fsp3) is 0.571. The third-order valence-electron chi connectivity index (χ3n) is 3.83. The Bertz CT molecular complexity index is 488. The van der Waals surface area contributed by atoms with Gasteiger partial charge in [0.05, 0.1) is 0 Å². The molecule has 5 nitrogen and oxygen atoms in total. The van der Waals surface area contributed by atoms with Crippen LogP contribution in [0.4, 0.5) is 0 Å². The maximum Gasteiger partial charge on any atom is 0.295 e. The zero-order valence-corrected chi connectivity index (χ0v) is 11.1. The molecule has 0 bridgehead atoms. The van der Waals surface area contributed by atoms with Crippen LogP contribution in [0.1, 0.15) is 33.1 Å². The van der Waals surface area contributed by atoms with Gasteiger partial charge < -0.3 is 14.9 Å². The molecule has 0 fully saturated rings. The summed E-state index contributed by atoms with van der Waals surface area (Å²) in [5.74, 6) is -2.55. The van der Waals surface area contributed by atoms with Crippen LogP contribution in [0.25, 0.3) is 0 Å². The number of Topliss-reactive ketones (excluding diaryl/α,β-unsaturated/α-hetero) is 2. The summed E-state index contributed by atoms with van der Waals surface area (Å²) in [4.78, 5) is 24.1. The largest absolute Gasteiger partial charge is 0.456 e. The zero-order chi connectivity index (χ0) is 14.2. The van der Waals surface area contributed by atoms with Gasteiger partial charge in [0, 0.05) is 17.9 Å². The van der Waals surface area contributed by atoms with Crippen molar-refractivity contribution in [2.75, 3.05) is 6.61 Å². The number of rotatable bonds is 3. The predicted molar refractivity (Wildman–Crippen MR) is 66.9 cm³/mol. The van der Waals surface area contributed by atoms with Gasteiger partial charge in [-0.15, -0.1) is 0 Å². The van der Waals surface area contributed by atoms with E-state index in [0.29, 0.717) is 29.7 Å². The molecular formula is C14H18O5. The Morgan fingerprint density at radius 3 is 2.84 bits per heavy atom. The lowest BCUT2D eigenvalue weighted by Crippen LogP contribution is -2.41. The van der Waals surface area contributed by atoms with Crippen molar-refractivity contribution in [1.29, 1.82) is 0 Å². The molecule has 104 valence electrons. The molecule has 0 amide bonds. The molecule has 2 atom stereocenters. The number of aliphatic hydroxyl groups is 2. The van der Waals surface area contributed by atoms with Crippen LogP contribution in [-0.4, -0.2) is 34.2 Å². The Morgan fingerprint density at radius 2 is 2.26 bits per heavy atom. The molecule has 0 saturated heterocycles. The molecule has 5 heteroatoms. The van der Waals surface area contributed by atoms with Gasteiger partial charge in [-0.1, -0.05) is 6.08 Å². The molecule has 0 spiro atoms. The van der Waals surface area contributed by atoms with Gasteiger partial charge in [0.15, 0.2) is 5.78 Å². The normalized spacial score (nSPS) is 31.3. The van der Waals surface area contributed by atoms with Gasteiger partial charge >= 0.3 is 0 Å². The second-order valence-electron chi connectivity index (χ2n) is 5.05. The summed E-state index contributed by atoms with van der Waals surface area (Å²) in [7, 11) is 0. The van der Waals surface area contributed by atoms with Gasteiger partial charge in [0.2, 0.25) is 5.78 Å². The summed E-state index contributed by atoms with van der Waals surface area (Å²) in [5, 5.41) is 18.9. The topological polar surface area (TPSA) is 83.8 Å². The standard InChI is InChI=1S/C14H18O5/c1-3-8(2)12(16)9-4-5-11-10(6-9)13(17)14(18,7-15)19-11/h3,9,15,18H,4-7H2,1-2H3. The fourth-order valence-corrected chi connectivity index (χ4v) is 2.53. The minimum absolute atomic E-state index is 0.0290. The molecule has 2 N–H and O–H groups in total. The summed E-state index contributed by atoms with van der Waals surface area (Å²) in [6.45, 7) is 2.78. The van der Waals surface area contributed by atoms with Crippen LogP contribution in [0.3, 0.4) is 0 Å². The average molecular weight is 266 g/mol. The molecule has 0 radical (unpaired) electrons. The lowest BCUT2D eigenvalue weighted by atomic mass is 9.81. The molecule has 0 aromatic carbocycles. The minimum atomic E-state index is -2.14. The first kappa shape index (κ1) is 14.0. The van der Waals surface area contributed by atoms with E-state index in [1.807, 2.05) is 0 Å². The molecular weight excluding hydrogens is 248 g/mol. The van der Waals surface area contributed by atoms with E-state index in [-0.39, 0.29) is 18.1 Å². The Kier molecular flexibility index (Phi) is 3.60. The van der Waals surface area contributed by atoms with Crippen LogP contribution >= 0.6 is 0 Å². The Balaban J connectivity index is 2.18. The first-order chi connectivity index (χ1) is 8.92. The quantitative estimate of drug-likeness (QED) is 0.740. The first-order valence-corrected chi connectivity index (χ1v) is 6.39. The summed E-state index contributed by atoms with van der Waals surface area (Å²) >= 11 is 0.